The number of rotatable bonds is 4. The minimum absolute atomic E-state index is 0.0244. The molecule has 0 spiro atoms. The molecule has 4 nitrogen and oxygen atoms in total. The standard InChI is InChI=1S/C18H18F3N3O/c1-18(16(21)10-24-17(22)25-18)13-8-12(6-7-15(13)20)23-9-11-4-2-3-5-14(11)19/h2-8,16,23H,9-10H2,1H3,(H2,22,24)/t16-,18-/m1/s1. The van der Waals surface area contributed by atoms with Crippen LogP contribution in [0.15, 0.2) is 47.5 Å². The quantitative estimate of drug-likeness (QED) is 0.888. The highest BCUT2D eigenvalue weighted by Gasteiger charge is 2.44. The van der Waals surface area contributed by atoms with Gasteiger partial charge in [0, 0.05) is 23.4 Å². The van der Waals surface area contributed by atoms with E-state index >= 15 is 0 Å². The smallest absolute Gasteiger partial charge is 0.283 e. The number of alkyl halides is 1. The number of benzene rings is 2. The van der Waals surface area contributed by atoms with E-state index in [1.807, 2.05) is 0 Å². The van der Waals surface area contributed by atoms with Crippen molar-refractivity contribution in [3.63, 3.8) is 0 Å². The number of nitrogens with zero attached hydrogens (tertiary/aromatic N) is 1. The zero-order valence-electron chi connectivity index (χ0n) is 13.6. The molecule has 25 heavy (non-hydrogen) atoms. The van der Waals surface area contributed by atoms with E-state index in [2.05, 4.69) is 10.3 Å². The molecule has 0 bridgehead atoms. The molecule has 1 heterocycles. The Morgan fingerprint density at radius 3 is 2.76 bits per heavy atom. The Hall–Kier alpha value is -2.70. The molecule has 0 radical (unpaired) electrons. The van der Waals surface area contributed by atoms with E-state index in [0.29, 0.717) is 11.3 Å². The number of hydrogen-bond donors (Lipinski definition) is 2. The minimum atomic E-state index is -1.58. The molecule has 2 aromatic rings. The number of ether oxygens (including phenoxy) is 1. The molecular formula is C18H18F3N3O. The zero-order valence-corrected chi connectivity index (χ0v) is 13.6. The second kappa shape index (κ2) is 6.66. The first-order valence-corrected chi connectivity index (χ1v) is 7.80. The third-order valence-corrected chi connectivity index (χ3v) is 4.26. The zero-order chi connectivity index (χ0) is 18.0. The lowest BCUT2D eigenvalue weighted by atomic mass is 9.89. The van der Waals surface area contributed by atoms with E-state index < -0.39 is 17.6 Å². The van der Waals surface area contributed by atoms with Gasteiger partial charge in [-0.15, -0.1) is 0 Å². The van der Waals surface area contributed by atoms with Crippen molar-refractivity contribution in [1.29, 1.82) is 0 Å². The van der Waals surface area contributed by atoms with Gasteiger partial charge in [-0.3, -0.25) is 0 Å². The van der Waals surface area contributed by atoms with Gasteiger partial charge in [-0.05, 0) is 31.2 Å². The fourth-order valence-electron chi connectivity index (χ4n) is 2.74. The number of nitrogens with two attached hydrogens (primary N) is 1. The molecule has 2 aromatic carbocycles. The van der Waals surface area contributed by atoms with Gasteiger partial charge in [0.25, 0.3) is 6.02 Å². The first-order chi connectivity index (χ1) is 11.9. The van der Waals surface area contributed by atoms with Gasteiger partial charge < -0.3 is 15.8 Å². The summed E-state index contributed by atoms with van der Waals surface area (Å²) in [6, 6.07) is 10.3. The minimum Gasteiger partial charge on any atom is -0.451 e. The number of amidine groups is 1. The van der Waals surface area contributed by atoms with Crippen molar-refractivity contribution >= 4 is 11.7 Å². The summed E-state index contributed by atoms with van der Waals surface area (Å²) in [7, 11) is 0. The maximum atomic E-state index is 14.4. The van der Waals surface area contributed by atoms with Crippen molar-refractivity contribution in [2.45, 2.75) is 25.2 Å². The molecule has 3 N–H and O–H groups in total. The van der Waals surface area contributed by atoms with E-state index in [1.165, 1.54) is 31.2 Å². The number of halogens is 3. The molecule has 2 atom stereocenters. The first kappa shape index (κ1) is 17.1. The Morgan fingerprint density at radius 2 is 2.00 bits per heavy atom. The van der Waals surface area contributed by atoms with E-state index in [0.717, 1.165) is 0 Å². The maximum Gasteiger partial charge on any atom is 0.283 e. The fourth-order valence-corrected chi connectivity index (χ4v) is 2.74. The van der Waals surface area contributed by atoms with E-state index in [4.69, 9.17) is 10.5 Å². The van der Waals surface area contributed by atoms with Crippen LogP contribution in [0.4, 0.5) is 18.9 Å². The van der Waals surface area contributed by atoms with E-state index in [9.17, 15) is 13.2 Å². The molecule has 132 valence electrons. The van der Waals surface area contributed by atoms with Crippen LogP contribution >= 0.6 is 0 Å². The summed E-state index contributed by atoms with van der Waals surface area (Å²) < 4.78 is 47.7. The third-order valence-electron chi connectivity index (χ3n) is 4.26. The van der Waals surface area contributed by atoms with E-state index in [-0.39, 0.29) is 30.5 Å². The highest BCUT2D eigenvalue weighted by molar-refractivity contribution is 5.73. The summed E-state index contributed by atoms with van der Waals surface area (Å²) in [6.45, 7) is 1.44. The van der Waals surface area contributed by atoms with Crippen molar-refractivity contribution < 1.29 is 17.9 Å². The Kier molecular flexibility index (Phi) is 4.57. The molecule has 0 amide bonds. The van der Waals surface area contributed by atoms with Crippen LogP contribution in [0.25, 0.3) is 0 Å². The molecule has 0 fully saturated rings. The number of nitrogens with one attached hydrogen (secondary N) is 1. The topological polar surface area (TPSA) is 59.6 Å². The van der Waals surface area contributed by atoms with Gasteiger partial charge in [-0.2, -0.15) is 0 Å². The molecule has 1 aliphatic heterocycles. The Bertz CT molecular complexity index is 812. The average Bonchev–Trinajstić information content (AvgIpc) is 2.59. The second-order valence-corrected chi connectivity index (χ2v) is 6.00. The summed E-state index contributed by atoms with van der Waals surface area (Å²) in [4.78, 5) is 3.69. The van der Waals surface area contributed by atoms with Crippen LogP contribution in [0.1, 0.15) is 18.1 Å². The summed E-state index contributed by atoms with van der Waals surface area (Å²) in [6.07, 6.45) is -1.55. The van der Waals surface area contributed by atoms with Crippen LogP contribution in [0.3, 0.4) is 0 Å². The van der Waals surface area contributed by atoms with Crippen LogP contribution < -0.4 is 11.1 Å². The van der Waals surface area contributed by atoms with Crippen molar-refractivity contribution in [3.8, 4) is 0 Å². The van der Waals surface area contributed by atoms with Crippen LogP contribution in [-0.2, 0) is 16.9 Å². The molecule has 7 heteroatoms. The summed E-state index contributed by atoms with van der Waals surface area (Å²) in [5.41, 5.74) is 4.96. The van der Waals surface area contributed by atoms with Crippen molar-refractivity contribution in [2.75, 3.05) is 11.9 Å². The summed E-state index contributed by atoms with van der Waals surface area (Å²) >= 11 is 0. The molecule has 1 aliphatic rings. The van der Waals surface area contributed by atoms with Gasteiger partial charge in [0.2, 0.25) is 0 Å². The molecular weight excluding hydrogens is 331 g/mol. The predicted molar refractivity (Wildman–Crippen MR) is 89.9 cm³/mol. The Balaban J connectivity index is 1.86. The van der Waals surface area contributed by atoms with Crippen molar-refractivity contribution in [3.05, 3.63) is 65.2 Å². The van der Waals surface area contributed by atoms with Crippen LogP contribution in [0.2, 0.25) is 0 Å². The van der Waals surface area contributed by atoms with Crippen molar-refractivity contribution in [2.24, 2.45) is 10.7 Å². The summed E-state index contributed by atoms with van der Waals surface area (Å²) in [5, 5.41) is 3.01. The van der Waals surface area contributed by atoms with Gasteiger partial charge in [-0.25, -0.2) is 18.2 Å². The SMILES string of the molecule is C[C@]1(c2cc(NCc3ccccc3F)ccc2F)OC(N)=NC[C@H]1F. The predicted octanol–water partition coefficient (Wildman–Crippen LogP) is 3.48. The van der Waals surface area contributed by atoms with Gasteiger partial charge in [0.05, 0.1) is 6.54 Å². The monoisotopic (exact) mass is 349 g/mol. The summed E-state index contributed by atoms with van der Waals surface area (Å²) in [5.74, 6) is -0.955. The number of aliphatic imine (C=N–C) groups is 1. The normalized spacial score (nSPS) is 22.9. The lowest BCUT2D eigenvalue weighted by Crippen LogP contribution is -2.46. The number of hydrogen-bond acceptors (Lipinski definition) is 4. The van der Waals surface area contributed by atoms with Crippen LogP contribution in [-0.4, -0.2) is 18.7 Å². The molecule has 0 unspecified atom stereocenters. The lowest BCUT2D eigenvalue weighted by Gasteiger charge is -2.36. The van der Waals surface area contributed by atoms with Gasteiger partial charge >= 0.3 is 0 Å². The van der Waals surface area contributed by atoms with Crippen molar-refractivity contribution in [1.82, 2.24) is 0 Å². The molecule has 0 saturated carbocycles. The van der Waals surface area contributed by atoms with Gasteiger partial charge in [0.15, 0.2) is 11.8 Å². The highest BCUT2D eigenvalue weighted by Crippen LogP contribution is 2.36. The fraction of sp³-hybridized carbons (Fsp3) is 0.278. The molecule has 0 saturated heterocycles. The van der Waals surface area contributed by atoms with Crippen LogP contribution in [0.5, 0.6) is 0 Å². The average molecular weight is 349 g/mol. The van der Waals surface area contributed by atoms with Gasteiger partial charge in [-0.1, -0.05) is 18.2 Å². The number of anilines is 1. The highest BCUT2D eigenvalue weighted by atomic mass is 19.1. The first-order valence-electron chi connectivity index (χ1n) is 7.80. The lowest BCUT2D eigenvalue weighted by molar-refractivity contribution is -0.0231. The third kappa shape index (κ3) is 3.40. The maximum absolute atomic E-state index is 14.4. The molecule has 0 aliphatic carbocycles. The Labute approximate surface area is 143 Å². The van der Waals surface area contributed by atoms with E-state index in [1.54, 1.807) is 18.2 Å². The largest absolute Gasteiger partial charge is 0.451 e. The molecule has 3 rings (SSSR count). The second-order valence-electron chi connectivity index (χ2n) is 6.00. The molecule has 0 aromatic heterocycles. The Morgan fingerprint density at radius 1 is 1.24 bits per heavy atom. The van der Waals surface area contributed by atoms with Crippen LogP contribution in [0, 0.1) is 11.6 Å². The van der Waals surface area contributed by atoms with Gasteiger partial charge in [0.1, 0.15) is 11.6 Å².